The van der Waals surface area contributed by atoms with Crippen LogP contribution >= 0.6 is 11.6 Å². The Hall–Kier alpha value is -1.33. The van der Waals surface area contributed by atoms with E-state index in [0.29, 0.717) is 29.6 Å². The van der Waals surface area contributed by atoms with Crippen LogP contribution in [0.15, 0.2) is 12.3 Å². The van der Waals surface area contributed by atoms with Crippen molar-refractivity contribution in [3.8, 4) is 5.88 Å². The van der Waals surface area contributed by atoms with E-state index in [9.17, 15) is 9.90 Å². The second kappa shape index (κ2) is 7.09. The van der Waals surface area contributed by atoms with E-state index in [2.05, 4.69) is 4.98 Å². The highest BCUT2D eigenvalue weighted by Crippen LogP contribution is 2.27. The molecule has 5 nitrogen and oxygen atoms in total. The van der Waals surface area contributed by atoms with Crippen LogP contribution in [0.25, 0.3) is 0 Å². The standard InChI is InChI=1S/C15H21ClN2O3/c1-3-21-14-12(16)7-11(8-17-14)15(20)18(2)9-10-5-4-6-13(10)19/h7-8,10,13,19H,3-6,9H2,1-2H3. The normalized spacial score (nSPS) is 21.3. The number of aliphatic hydroxyl groups is 1. The fourth-order valence-electron chi connectivity index (χ4n) is 2.67. The summed E-state index contributed by atoms with van der Waals surface area (Å²) in [5.74, 6) is 0.348. The van der Waals surface area contributed by atoms with Gasteiger partial charge in [0.15, 0.2) is 0 Å². The Morgan fingerprint density at radius 3 is 2.90 bits per heavy atom. The summed E-state index contributed by atoms with van der Waals surface area (Å²) in [7, 11) is 1.73. The number of carbonyl (C=O) groups is 1. The molecule has 1 aliphatic rings. The average molecular weight is 313 g/mol. The first-order valence-corrected chi connectivity index (χ1v) is 7.62. The van der Waals surface area contributed by atoms with Crippen molar-refractivity contribution in [3.05, 3.63) is 22.8 Å². The number of pyridine rings is 1. The van der Waals surface area contributed by atoms with Crippen LogP contribution in [-0.4, -0.2) is 47.2 Å². The molecule has 2 unspecified atom stereocenters. The lowest BCUT2D eigenvalue weighted by molar-refractivity contribution is 0.0693. The van der Waals surface area contributed by atoms with Gasteiger partial charge in [-0.2, -0.15) is 0 Å². The topological polar surface area (TPSA) is 62.7 Å². The van der Waals surface area contributed by atoms with Crippen LogP contribution in [-0.2, 0) is 0 Å². The van der Waals surface area contributed by atoms with Gasteiger partial charge in [-0.1, -0.05) is 18.0 Å². The van der Waals surface area contributed by atoms with E-state index < -0.39 is 0 Å². The van der Waals surface area contributed by atoms with Crippen LogP contribution in [0.5, 0.6) is 5.88 Å². The summed E-state index contributed by atoms with van der Waals surface area (Å²) >= 11 is 6.05. The minimum absolute atomic E-state index is 0.147. The van der Waals surface area contributed by atoms with Crippen molar-refractivity contribution in [1.82, 2.24) is 9.88 Å². The third-order valence-corrected chi connectivity index (χ3v) is 4.08. The molecule has 1 saturated carbocycles. The van der Waals surface area contributed by atoms with Crippen molar-refractivity contribution >= 4 is 17.5 Å². The van der Waals surface area contributed by atoms with Crippen LogP contribution in [0, 0.1) is 5.92 Å². The predicted molar refractivity (Wildman–Crippen MR) is 80.7 cm³/mol. The zero-order valence-corrected chi connectivity index (χ0v) is 13.1. The zero-order chi connectivity index (χ0) is 15.4. The number of amides is 1. The Bertz CT molecular complexity index is 510. The maximum absolute atomic E-state index is 12.4. The molecule has 1 N–H and O–H groups in total. The molecule has 0 aromatic carbocycles. The van der Waals surface area contributed by atoms with Crippen molar-refractivity contribution in [2.75, 3.05) is 20.2 Å². The Labute approximate surface area is 129 Å². The second-order valence-electron chi connectivity index (χ2n) is 5.39. The minimum Gasteiger partial charge on any atom is -0.477 e. The fraction of sp³-hybridized carbons (Fsp3) is 0.600. The van der Waals surface area contributed by atoms with E-state index in [0.717, 1.165) is 19.3 Å². The summed E-state index contributed by atoms with van der Waals surface area (Å²) in [6.45, 7) is 2.86. The van der Waals surface area contributed by atoms with E-state index in [1.165, 1.54) is 6.20 Å². The lowest BCUT2D eigenvalue weighted by Crippen LogP contribution is -2.34. The van der Waals surface area contributed by atoms with Gasteiger partial charge in [-0.3, -0.25) is 4.79 Å². The molecule has 0 bridgehead atoms. The van der Waals surface area contributed by atoms with Gasteiger partial charge < -0.3 is 14.7 Å². The fourth-order valence-corrected chi connectivity index (χ4v) is 2.89. The first-order chi connectivity index (χ1) is 10.0. The molecular formula is C15H21ClN2O3. The lowest BCUT2D eigenvalue weighted by atomic mass is 10.1. The van der Waals surface area contributed by atoms with Gasteiger partial charge in [-0.15, -0.1) is 0 Å². The number of hydrogen-bond donors (Lipinski definition) is 1. The van der Waals surface area contributed by atoms with E-state index in [1.807, 2.05) is 6.92 Å². The lowest BCUT2D eigenvalue weighted by Gasteiger charge is -2.23. The maximum Gasteiger partial charge on any atom is 0.255 e. The van der Waals surface area contributed by atoms with Gasteiger partial charge >= 0.3 is 0 Å². The number of aliphatic hydroxyl groups excluding tert-OH is 1. The quantitative estimate of drug-likeness (QED) is 0.906. The number of hydrogen-bond acceptors (Lipinski definition) is 4. The van der Waals surface area contributed by atoms with Gasteiger partial charge in [0.2, 0.25) is 5.88 Å². The zero-order valence-electron chi connectivity index (χ0n) is 12.4. The number of carbonyl (C=O) groups excluding carboxylic acids is 1. The molecule has 0 radical (unpaired) electrons. The molecule has 1 fully saturated rings. The Morgan fingerprint density at radius 2 is 2.33 bits per heavy atom. The van der Waals surface area contributed by atoms with Crippen molar-refractivity contribution < 1.29 is 14.6 Å². The van der Waals surface area contributed by atoms with Crippen LogP contribution in [0.3, 0.4) is 0 Å². The van der Waals surface area contributed by atoms with Crippen LogP contribution < -0.4 is 4.74 Å². The summed E-state index contributed by atoms with van der Waals surface area (Å²) < 4.78 is 5.25. The third kappa shape index (κ3) is 3.86. The van der Waals surface area contributed by atoms with Gasteiger partial charge in [0.1, 0.15) is 5.02 Å². The number of halogens is 1. The van der Waals surface area contributed by atoms with Crippen LogP contribution in [0.1, 0.15) is 36.5 Å². The van der Waals surface area contributed by atoms with Crippen molar-refractivity contribution in [2.24, 2.45) is 5.92 Å². The third-order valence-electron chi connectivity index (χ3n) is 3.81. The smallest absolute Gasteiger partial charge is 0.255 e. The van der Waals surface area contributed by atoms with E-state index in [4.69, 9.17) is 16.3 Å². The molecule has 0 aliphatic heterocycles. The molecule has 1 aromatic rings. The Morgan fingerprint density at radius 1 is 1.57 bits per heavy atom. The first-order valence-electron chi connectivity index (χ1n) is 7.24. The van der Waals surface area contributed by atoms with Gasteiger partial charge in [-0.25, -0.2) is 4.98 Å². The van der Waals surface area contributed by atoms with Gasteiger partial charge in [0.05, 0.1) is 18.3 Å². The molecule has 0 saturated heterocycles. The Balaban J connectivity index is 2.03. The van der Waals surface area contributed by atoms with E-state index >= 15 is 0 Å². The summed E-state index contributed by atoms with van der Waals surface area (Å²) in [4.78, 5) is 18.1. The molecule has 1 aromatic heterocycles. The highest BCUT2D eigenvalue weighted by Gasteiger charge is 2.28. The molecule has 21 heavy (non-hydrogen) atoms. The SMILES string of the molecule is CCOc1ncc(C(=O)N(C)CC2CCCC2O)cc1Cl. The van der Waals surface area contributed by atoms with E-state index in [1.54, 1.807) is 18.0 Å². The largest absolute Gasteiger partial charge is 0.477 e. The van der Waals surface area contributed by atoms with E-state index in [-0.39, 0.29) is 17.9 Å². The van der Waals surface area contributed by atoms with Crippen LogP contribution in [0.4, 0.5) is 0 Å². The molecule has 2 atom stereocenters. The molecule has 2 rings (SSSR count). The van der Waals surface area contributed by atoms with Crippen molar-refractivity contribution in [3.63, 3.8) is 0 Å². The first kappa shape index (κ1) is 16.0. The number of aromatic nitrogens is 1. The highest BCUT2D eigenvalue weighted by molar-refractivity contribution is 6.32. The monoisotopic (exact) mass is 312 g/mol. The number of nitrogens with zero attached hydrogens (tertiary/aromatic N) is 2. The number of ether oxygens (including phenoxy) is 1. The molecular weight excluding hydrogens is 292 g/mol. The van der Waals surface area contributed by atoms with Gasteiger partial charge in [0.25, 0.3) is 5.91 Å². The highest BCUT2D eigenvalue weighted by atomic mass is 35.5. The van der Waals surface area contributed by atoms with Crippen LogP contribution in [0.2, 0.25) is 5.02 Å². The summed E-state index contributed by atoms with van der Waals surface area (Å²) in [5.41, 5.74) is 0.429. The number of rotatable bonds is 5. The molecule has 1 aliphatic carbocycles. The minimum atomic E-state index is -0.303. The molecule has 1 heterocycles. The molecule has 116 valence electrons. The molecule has 0 spiro atoms. The van der Waals surface area contributed by atoms with Gasteiger partial charge in [-0.05, 0) is 25.8 Å². The summed E-state index contributed by atoms with van der Waals surface area (Å²) in [6, 6.07) is 1.57. The molecule has 6 heteroatoms. The van der Waals surface area contributed by atoms with Crippen molar-refractivity contribution in [1.29, 1.82) is 0 Å². The predicted octanol–water partition coefficient (Wildman–Crippen LogP) is 2.37. The summed E-state index contributed by atoms with van der Waals surface area (Å²) in [6.07, 6.45) is 3.97. The second-order valence-corrected chi connectivity index (χ2v) is 5.80. The summed E-state index contributed by atoms with van der Waals surface area (Å²) in [5, 5.41) is 10.2. The van der Waals surface area contributed by atoms with Crippen molar-refractivity contribution in [2.45, 2.75) is 32.3 Å². The average Bonchev–Trinajstić information content (AvgIpc) is 2.86. The Kier molecular flexibility index (Phi) is 5.42. The molecule has 1 amide bonds. The maximum atomic E-state index is 12.4. The van der Waals surface area contributed by atoms with Gasteiger partial charge in [0, 0.05) is 25.7 Å².